The van der Waals surface area contributed by atoms with Crippen molar-refractivity contribution in [2.24, 2.45) is 5.92 Å². The number of carboxylic acid groups (broad SMARTS) is 1. The van der Waals surface area contributed by atoms with Crippen LogP contribution in [0, 0.1) is 26.7 Å². The molecule has 2 N–H and O–H groups in total. The number of hydrogen-bond acceptors (Lipinski definition) is 3. The van der Waals surface area contributed by atoms with Crippen molar-refractivity contribution in [2.45, 2.75) is 40.7 Å². The molecule has 1 aromatic carbocycles. The Kier molecular flexibility index (Phi) is 5.07. The van der Waals surface area contributed by atoms with Crippen molar-refractivity contribution in [3.63, 3.8) is 0 Å². The summed E-state index contributed by atoms with van der Waals surface area (Å²) >= 11 is 0. The van der Waals surface area contributed by atoms with E-state index in [2.05, 4.69) is 10.4 Å². The maximum absolute atomic E-state index is 12.5. The molecule has 0 bridgehead atoms. The average molecular weight is 329 g/mol. The van der Waals surface area contributed by atoms with E-state index in [1.807, 2.05) is 32.0 Å². The predicted molar refractivity (Wildman–Crippen MR) is 91.5 cm³/mol. The monoisotopic (exact) mass is 329 g/mol. The molecule has 6 heteroatoms. The smallest absolute Gasteiger partial charge is 0.326 e. The Hall–Kier alpha value is -2.63. The molecule has 1 aromatic heterocycles. The summed E-state index contributed by atoms with van der Waals surface area (Å²) in [5.41, 5.74) is 4.11. The molecule has 128 valence electrons. The van der Waals surface area contributed by atoms with Crippen LogP contribution in [0.3, 0.4) is 0 Å². The molecule has 0 saturated carbocycles. The lowest BCUT2D eigenvalue weighted by Gasteiger charge is -2.17. The van der Waals surface area contributed by atoms with Crippen LogP contribution in [0.15, 0.2) is 24.4 Å². The molecule has 0 radical (unpaired) electrons. The van der Waals surface area contributed by atoms with Gasteiger partial charge in [-0.25, -0.2) is 9.48 Å². The van der Waals surface area contributed by atoms with Crippen molar-refractivity contribution in [3.8, 4) is 5.69 Å². The Bertz CT molecular complexity index is 778. The van der Waals surface area contributed by atoms with Gasteiger partial charge in [-0.3, -0.25) is 4.79 Å². The van der Waals surface area contributed by atoms with Crippen LogP contribution in [0.1, 0.15) is 41.0 Å². The van der Waals surface area contributed by atoms with Gasteiger partial charge >= 0.3 is 5.97 Å². The maximum atomic E-state index is 12.5. The van der Waals surface area contributed by atoms with Gasteiger partial charge in [-0.1, -0.05) is 26.0 Å². The summed E-state index contributed by atoms with van der Waals surface area (Å²) in [6.07, 6.45) is 1.48. The number of benzene rings is 1. The van der Waals surface area contributed by atoms with E-state index in [9.17, 15) is 14.7 Å². The van der Waals surface area contributed by atoms with Gasteiger partial charge in [0.2, 0.25) is 0 Å². The quantitative estimate of drug-likeness (QED) is 0.883. The molecular formula is C18H23N3O3. The summed E-state index contributed by atoms with van der Waals surface area (Å²) in [6, 6.07) is 5.10. The van der Waals surface area contributed by atoms with Crippen molar-refractivity contribution in [3.05, 3.63) is 46.8 Å². The van der Waals surface area contributed by atoms with Crippen LogP contribution >= 0.6 is 0 Å². The molecule has 1 amide bonds. The minimum atomic E-state index is -1.04. The van der Waals surface area contributed by atoms with Crippen molar-refractivity contribution in [2.75, 3.05) is 0 Å². The van der Waals surface area contributed by atoms with E-state index in [1.54, 1.807) is 25.5 Å². The number of nitrogens with one attached hydrogen (secondary N) is 1. The summed E-state index contributed by atoms with van der Waals surface area (Å²) in [4.78, 5) is 23.7. The molecule has 0 fully saturated rings. The molecular weight excluding hydrogens is 306 g/mol. The van der Waals surface area contributed by atoms with Crippen LogP contribution in [-0.4, -0.2) is 32.8 Å². The maximum Gasteiger partial charge on any atom is 0.326 e. The lowest BCUT2D eigenvalue weighted by Crippen LogP contribution is -2.44. The first-order chi connectivity index (χ1) is 11.2. The fourth-order valence-corrected chi connectivity index (χ4v) is 2.56. The SMILES string of the molecule is Cc1ccc(C)c(-n2ncc(C(=O)N[C@@H](C(=O)O)C(C)C)c2C)c1. The standard InChI is InChI=1S/C18H23N3O3/c1-10(2)16(18(23)24)20-17(22)14-9-19-21(13(14)5)15-8-11(3)6-7-12(15)4/h6-10,16H,1-5H3,(H,20,22)(H,23,24)/t16-/m1/s1. The molecule has 1 heterocycles. The number of rotatable bonds is 5. The zero-order valence-electron chi connectivity index (χ0n) is 14.6. The Balaban J connectivity index is 2.34. The summed E-state index contributed by atoms with van der Waals surface area (Å²) in [6.45, 7) is 9.29. The summed E-state index contributed by atoms with van der Waals surface area (Å²) in [7, 11) is 0. The average Bonchev–Trinajstić information content (AvgIpc) is 2.88. The Labute approximate surface area is 141 Å². The van der Waals surface area contributed by atoms with Gasteiger partial charge in [0.1, 0.15) is 6.04 Å². The molecule has 2 aromatic rings. The Morgan fingerprint density at radius 2 is 1.88 bits per heavy atom. The Morgan fingerprint density at radius 3 is 2.46 bits per heavy atom. The van der Waals surface area contributed by atoms with Gasteiger partial charge in [0.25, 0.3) is 5.91 Å². The van der Waals surface area contributed by atoms with E-state index in [0.717, 1.165) is 16.8 Å². The molecule has 0 aliphatic carbocycles. The number of carboxylic acids is 1. The van der Waals surface area contributed by atoms with Gasteiger partial charge in [-0.15, -0.1) is 0 Å². The van der Waals surface area contributed by atoms with Crippen LogP contribution in [0.5, 0.6) is 0 Å². The van der Waals surface area contributed by atoms with Gasteiger partial charge in [0, 0.05) is 0 Å². The van der Waals surface area contributed by atoms with Crippen molar-refractivity contribution in [1.29, 1.82) is 0 Å². The second kappa shape index (κ2) is 6.86. The molecule has 24 heavy (non-hydrogen) atoms. The second-order valence-corrected chi connectivity index (χ2v) is 6.38. The van der Waals surface area contributed by atoms with Crippen LogP contribution in [0.25, 0.3) is 5.69 Å². The number of nitrogens with zero attached hydrogens (tertiary/aromatic N) is 2. The molecule has 1 atom stereocenters. The first-order valence-electron chi connectivity index (χ1n) is 7.88. The fourth-order valence-electron chi connectivity index (χ4n) is 2.56. The molecule has 0 aliphatic heterocycles. The van der Waals surface area contributed by atoms with Crippen LogP contribution in [0.2, 0.25) is 0 Å². The lowest BCUT2D eigenvalue weighted by molar-refractivity contribution is -0.140. The molecule has 0 unspecified atom stereocenters. The highest BCUT2D eigenvalue weighted by Gasteiger charge is 2.25. The van der Waals surface area contributed by atoms with Gasteiger partial charge in [0.05, 0.1) is 23.1 Å². The minimum absolute atomic E-state index is 0.208. The van der Waals surface area contributed by atoms with E-state index in [4.69, 9.17) is 0 Å². The molecule has 0 saturated heterocycles. The normalized spacial score (nSPS) is 12.2. The highest BCUT2D eigenvalue weighted by molar-refractivity contribution is 5.97. The highest BCUT2D eigenvalue weighted by Crippen LogP contribution is 2.19. The van der Waals surface area contributed by atoms with Crippen LogP contribution in [0.4, 0.5) is 0 Å². The topological polar surface area (TPSA) is 84.2 Å². The summed E-state index contributed by atoms with van der Waals surface area (Å²) in [5, 5.41) is 16.1. The number of aliphatic carboxylic acids is 1. The van der Waals surface area contributed by atoms with Crippen molar-refractivity contribution in [1.82, 2.24) is 15.1 Å². The van der Waals surface area contributed by atoms with Gasteiger partial charge in [-0.2, -0.15) is 5.10 Å². The third-order valence-electron chi connectivity index (χ3n) is 4.07. The van der Waals surface area contributed by atoms with Gasteiger partial charge in [0.15, 0.2) is 0 Å². The van der Waals surface area contributed by atoms with E-state index in [-0.39, 0.29) is 5.92 Å². The Morgan fingerprint density at radius 1 is 1.21 bits per heavy atom. The van der Waals surface area contributed by atoms with Gasteiger partial charge in [-0.05, 0) is 43.9 Å². The molecule has 0 spiro atoms. The number of carbonyl (C=O) groups excluding carboxylic acids is 1. The van der Waals surface area contributed by atoms with E-state index >= 15 is 0 Å². The highest BCUT2D eigenvalue weighted by atomic mass is 16.4. The number of carbonyl (C=O) groups is 2. The van der Waals surface area contributed by atoms with Crippen LogP contribution < -0.4 is 5.32 Å². The summed E-state index contributed by atoms with van der Waals surface area (Å²) in [5.74, 6) is -1.68. The third-order valence-corrected chi connectivity index (χ3v) is 4.07. The van der Waals surface area contributed by atoms with E-state index in [0.29, 0.717) is 11.3 Å². The molecule has 0 aliphatic rings. The first kappa shape index (κ1) is 17.7. The number of aryl methyl sites for hydroxylation is 2. The number of hydrogen-bond donors (Lipinski definition) is 2. The minimum Gasteiger partial charge on any atom is -0.480 e. The van der Waals surface area contributed by atoms with Crippen molar-refractivity contribution >= 4 is 11.9 Å². The van der Waals surface area contributed by atoms with E-state index < -0.39 is 17.9 Å². The van der Waals surface area contributed by atoms with E-state index in [1.165, 1.54) is 6.20 Å². The fraction of sp³-hybridized carbons (Fsp3) is 0.389. The molecule has 6 nitrogen and oxygen atoms in total. The molecule has 2 rings (SSSR count). The first-order valence-corrected chi connectivity index (χ1v) is 7.88. The second-order valence-electron chi connectivity index (χ2n) is 6.38. The third kappa shape index (κ3) is 3.48. The predicted octanol–water partition coefficient (Wildman–Crippen LogP) is 2.64. The zero-order valence-corrected chi connectivity index (χ0v) is 14.6. The van der Waals surface area contributed by atoms with Crippen molar-refractivity contribution < 1.29 is 14.7 Å². The zero-order chi connectivity index (χ0) is 18.0. The van der Waals surface area contributed by atoms with Gasteiger partial charge < -0.3 is 10.4 Å². The summed E-state index contributed by atoms with van der Waals surface area (Å²) < 4.78 is 1.71. The lowest BCUT2D eigenvalue weighted by atomic mass is 10.0. The van der Waals surface area contributed by atoms with Crippen LogP contribution in [-0.2, 0) is 4.79 Å². The largest absolute Gasteiger partial charge is 0.480 e. The number of aromatic nitrogens is 2. The number of amides is 1.